The van der Waals surface area contributed by atoms with E-state index in [0.29, 0.717) is 35.8 Å². The van der Waals surface area contributed by atoms with Gasteiger partial charge in [0.15, 0.2) is 5.78 Å². The molecule has 0 saturated heterocycles. The fourth-order valence-electron chi connectivity index (χ4n) is 4.34. The van der Waals surface area contributed by atoms with Crippen LogP contribution in [0.15, 0.2) is 35.1 Å². The van der Waals surface area contributed by atoms with Crippen LogP contribution >= 0.6 is 11.6 Å². The molecule has 0 aliphatic heterocycles. The Kier molecular flexibility index (Phi) is 7.65. The summed E-state index contributed by atoms with van der Waals surface area (Å²) >= 11 is 5.97. The summed E-state index contributed by atoms with van der Waals surface area (Å²) in [5.74, 6) is -0.579. The molecule has 0 spiro atoms. The molecule has 31 heavy (non-hydrogen) atoms. The number of nitrogens with zero attached hydrogens (tertiary/aromatic N) is 2. The third-order valence-corrected chi connectivity index (χ3v) is 6.37. The quantitative estimate of drug-likeness (QED) is 0.526. The van der Waals surface area contributed by atoms with E-state index in [1.165, 1.54) is 10.6 Å². The number of ketones is 1. The number of halogens is 1. The molecule has 1 saturated carbocycles. The predicted molar refractivity (Wildman–Crippen MR) is 120 cm³/mol. The summed E-state index contributed by atoms with van der Waals surface area (Å²) in [6.45, 7) is 1.96. The molecule has 0 radical (unpaired) electrons. The number of aliphatic carboxylic acids is 1. The highest BCUT2D eigenvalue weighted by atomic mass is 35.5. The van der Waals surface area contributed by atoms with Crippen molar-refractivity contribution in [2.75, 3.05) is 0 Å². The van der Waals surface area contributed by atoms with E-state index in [2.05, 4.69) is 6.92 Å². The van der Waals surface area contributed by atoms with Gasteiger partial charge in [0, 0.05) is 29.5 Å². The third-order valence-electron chi connectivity index (χ3n) is 6.12. The average Bonchev–Trinajstić information content (AvgIpc) is 3.20. The van der Waals surface area contributed by atoms with Gasteiger partial charge in [0.05, 0.1) is 17.7 Å². The van der Waals surface area contributed by atoms with E-state index >= 15 is 0 Å². The number of carbonyl (C=O) groups excluding carboxylic acids is 1. The molecule has 0 bridgehead atoms. The number of unbranched alkanes of at least 4 members (excludes halogenated alkanes) is 2. The second-order valence-corrected chi connectivity index (χ2v) is 8.89. The summed E-state index contributed by atoms with van der Waals surface area (Å²) in [6.07, 6.45) is 6.10. The van der Waals surface area contributed by atoms with Crippen molar-refractivity contribution in [3.05, 3.63) is 51.5 Å². The Bertz CT molecular complexity index is 992. The van der Waals surface area contributed by atoms with E-state index in [4.69, 9.17) is 16.6 Å². The molecule has 1 aliphatic carbocycles. The number of Topliss-reactive ketones (excluding diaryl/α,β-unsaturated/α-hetero) is 1. The Hall–Kier alpha value is -2.47. The van der Waals surface area contributed by atoms with Crippen LogP contribution in [0, 0.1) is 5.41 Å². The van der Waals surface area contributed by atoms with Crippen LogP contribution in [0.5, 0.6) is 0 Å². The van der Waals surface area contributed by atoms with E-state index in [-0.39, 0.29) is 24.3 Å². The van der Waals surface area contributed by atoms with Crippen molar-refractivity contribution in [1.82, 2.24) is 9.55 Å². The molecule has 1 fully saturated rings. The van der Waals surface area contributed by atoms with Gasteiger partial charge in [0.1, 0.15) is 5.82 Å². The van der Waals surface area contributed by atoms with Crippen molar-refractivity contribution in [3.8, 4) is 11.3 Å². The van der Waals surface area contributed by atoms with Gasteiger partial charge in [-0.1, -0.05) is 56.3 Å². The van der Waals surface area contributed by atoms with Crippen molar-refractivity contribution in [2.24, 2.45) is 5.41 Å². The second-order valence-electron chi connectivity index (χ2n) is 8.45. The molecule has 6 nitrogen and oxygen atoms in total. The molecule has 0 unspecified atom stereocenters. The van der Waals surface area contributed by atoms with Gasteiger partial charge in [-0.15, -0.1) is 0 Å². The molecule has 1 aliphatic rings. The molecular formula is C24H29ClN2O4. The number of carboxylic acid groups (broad SMARTS) is 1. The van der Waals surface area contributed by atoms with Gasteiger partial charge in [-0.2, -0.15) is 0 Å². The first-order valence-electron chi connectivity index (χ1n) is 11.0. The van der Waals surface area contributed by atoms with Crippen LogP contribution in [0.25, 0.3) is 11.3 Å². The fraction of sp³-hybridized carbons (Fsp3) is 0.500. The summed E-state index contributed by atoms with van der Waals surface area (Å²) < 4.78 is 1.42. The molecule has 1 aromatic heterocycles. The van der Waals surface area contributed by atoms with Crippen molar-refractivity contribution in [3.63, 3.8) is 0 Å². The van der Waals surface area contributed by atoms with Gasteiger partial charge in [-0.25, -0.2) is 4.98 Å². The van der Waals surface area contributed by atoms with E-state index in [1.54, 1.807) is 12.1 Å². The summed E-state index contributed by atoms with van der Waals surface area (Å²) in [6, 6.07) is 8.55. The van der Waals surface area contributed by atoms with Crippen molar-refractivity contribution < 1.29 is 14.7 Å². The Labute approximate surface area is 187 Å². The van der Waals surface area contributed by atoms with Crippen LogP contribution in [0.4, 0.5) is 0 Å². The van der Waals surface area contributed by atoms with Crippen molar-refractivity contribution >= 4 is 23.4 Å². The highest BCUT2D eigenvalue weighted by Gasteiger charge is 2.42. The number of aromatic nitrogens is 2. The van der Waals surface area contributed by atoms with Gasteiger partial charge >= 0.3 is 5.97 Å². The minimum Gasteiger partial charge on any atom is -0.481 e. The molecule has 0 atom stereocenters. The molecule has 0 amide bonds. The van der Waals surface area contributed by atoms with Crippen LogP contribution in [0.2, 0.25) is 5.02 Å². The lowest BCUT2D eigenvalue weighted by Gasteiger charge is -2.23. The first kappa shape index (κ1) is 23.2. The maximum Gasteiger partial charge on any atom is 0.310 e. The molecule has 3 rings (SSSR count). The van der Waals surface area contributed by atoms with Gasteiger partial charge in [0.25, 0.3) is 5.56 Å². The van der Waals surface area contributed by atoms with Crippen molar-refractivity contribution in [1.29, 1.82) is 0 Å². The highest BCUT2D eigenvalue weighted by molar-refractivity contribution is 6.30. The number of aryl methyl sites for hydroxylation is 1. The molecule has 1 aromatic carbocycles. The minimum atomic E-state index is -0.986. The molecule has 7 heteroatoms. The first-order chi connectivity index (χ1) is 14.8. The van der Waals surface area contributed by atoms with Crippen molar-refractivity contribution in [2.45, 2.75) is 71.3 Å². The van der Waals surface area contributed by atoms with Crippen LogP contribution in [-0.4, -0.2) is 26.4 Å². The zero-order chi connectivity index (χ0) is 22.4. The van der Waals surface area contributed by atoms with Gasteiger partial charge < -0.3 is 5.11 Å². The van der Waals surface area contributed by atoms with Gasteiger partial charge in [-0.05, 0) is 31.4 Å². The number of carboxylic acids is 1. The zero-order valence-electron chi connectivity index (χ0n) is 17.9. The molecule has 1 N–H and O–H groups in total. The zero-order valence-corrected chi connectivity index (χ0v) is 18.7. The third kappa shape index (κ3) is 5.62. The smallest absolute Gasteiger partial charge is 0.310 e. The molecule has 2 aromatic rings. The van der Waals surface area contributed by atoms with Gasteiger partial charge in [-0.3, -0.25) is 19.0 Å². The lowest BCUT2D eigenvalue weighted by Crippen LogP contribution is -2.34. The van der Waals surface area contributed by atoms with E-state index in [1.807, 2.05) is 12.1 Å². The Morgan fingerprint density at radius 2 is 1.84 bits per heavy atom. The largest absolute Gasteiger partial charge is 0.481 e. The topological polar surface area (TPSA) is 89.3 Å². The maximum atomic E-state index is 12.9. The van der Waals surface area contributed by atoms with Crippen LogP contribution in [0.3, 0.4) is 0 Å². The number of benzene rings is 1. The number of hydrogen-bond donors (Lipinski definition) is 1. The SMILES string of the molecule is CCCCCc1nc(-c2ccc(Cl)cc2)cc(=O)n1CC(=O)CC1(C(=O)O)CCCC1. The standard InChI is InChI=1S/C24H29ClN2O4/c1-2-3-4-7-21-26-20(17-8-10-18(25)11-9-17)14-22(29)27(21)16-19(28)15-24(23(30)31)12-5-6-13-24/h8-11,14H,2-7,12-13,15-16H2,1H3,(H,30,31). The first-order valence-corrected chi connectivity index (χ1v) is 11.3. The predicted octanol–water partition coefficient (Wildman–Crippen LogP) is 4.90. The number of hydrogen-bond acceptors (Lipinski definition) is 4. The van der Waals surface area contributed by atoms with Crippen LogP contribution in [0.1, 0.15) is 64.1 Å². The molecule has 1 heterocycles. The average molecular weight is 445 g/mol. The Balaban J connectivity index is 1.88. The summed E-state index contributed by atoms with van der Waals surface area (Å²) in [4.78, 5) is 42.3. The molecule has 166 valence electrons. The van der Waals surface area contributed by atoms with Crippen LogP contribution in [-0.2, 0) is 22.6 Å². The van der Waals surface area contributed by atoms with E-state index < -0.39 is 11.4 Å². The minimum absolute atomic E-state index is 0.0396. The Morgan fingerprint density at radius 3 is 2.45 bits per heavy atom. The van der Waals surface area contributed by atoms with Crippen LogP contribution < -0.4 is 5.56 Å². The second kappa shape index (κ2) is 10.2. The highest BCUT2D eigenvalue weighted by Crippen LogP contribution is 2.41. The summed E-state index contributed by atoms with van der Waals surface area (Å²) in [5, 5.41) is 10.3. The Morgan fingerprint density at radius 1 is 1.16 bits per heavy atom. The summed E-state index contributed by atoms with van der Waals surface area (Å²) in [7, 11) is 0. The lowest BCUT2D eigenvalue weighted by atomic mass is 9.81. The van der Waals surface area contributed by atoms with E-state index in [9.17, 15) is 19.5 Å². The molecular weight excluding hydrogens is 416 g/mol. The normalized spacial score (nSPS) is 15.2. The summed E-state index contributed by atoms with van der Waals surface area (Å²) in [5.41, 5.74) is 0.0532. The van der Waals surface area contributed by atoms with E-state index in [0.717, 1.165) is 37.7 Å². The van der Waals surface area contributed by atoms with Gasteiger partial charge in [0.2, 0.25) is 0 Å². The maximum absolute atomic E-state index is 12.9. The monoisotopic (exact) mass is 444 g/mol. The number of carbonyl (C=O) groups is 2. The lowest BCUT2D eigenvalue weighted by molar-refractivity contribution is -0.151. The number of rotatable bonds is 10. The fourth-order valence-corrected chi connectivity index (χ4v) is 4.47.